The minimum absolute atomic E-state index is 0.0825. The zero-order valence-corrected chi connectivity index (χ0v) is 23.7. The first-order valence-electron chi connectivity index (χ1n) is 12.3. The third-order valence-electron chi connectivity index (χ3n) is 4.61. The molecule has 0 aliphatic heterocycles. The molecule has 4 aromatic heterocycles. The Morgan fingerprint density at radius 3 is 1.49 bits per heavy atom. The molecule has 0 amide bonds. The summed E-state index contributed by atoms with van der Waals surface area (Å²) in [6, 6.07) is 0. The van der Waals surface area contributed by atoms with Gasteiger partial charge in [0.15, 0.2) is 23.8 Å². The first-order chi connectivity index (χ1) is 19.6. The first-order valence-corrected chi connectivity index (χ1v) is 12.3. The van der Waals surface area contributed by atoms with Crippen molar-refractivity contribution in [2.24, 2.45) is 28.2 Å². The van der Waals surface area contributed by atoms with E-state index in [4.69, 9.17) is 10.2 Å². The fourth-order valence-electron chi connectivity index (χ4n) is 2.75. The summed E-state index contributed by atoms with van der Waals surface area (Å²) in [6.07, 6.45) is 10.2. The Hall–Kier alpha value is -4.87. The van der Waals surface area contributed by atoms with Crippen LogP contribution >= 0.6 is 0 Å². The number of aliphatic hydroxyl groups excluding tert-OH is 1. The van der Waals surface area contributed by atoms with Crippen molar-refractivity contribution in [2.45, 2.75) is 45.1 Å². The van der Waals surface area contributed by atoms with Crippen LogP contribution in [0.25, 0.3) is 0 Å². The quantitative estimate of drug-likeness (QED) is 0.179. The maximum atomic E-state index is 10.7. The largest absolute Gasteiger partial charge is 0.481 e. The number of ether oxygens (including phenoxy) is 1. The van der Waals surface area contributed by atoms with Crippen molar-refractivity contribution in [1.82, 2.24) is 59.1 Å². The number of esters is 1. The molecule has 0 saturated heterocycles. The second-order valence-corrected chi connectivity index (χ2v) is 8.23. The van der Waals surface area contributed by atoms with Crippen molar-refractivity contribution >= 4 is 18.2 Å². The normalized spacial score (nSPS) is 9.80. The van der Waals surface area contributed by atoms with E-state index in [1.165, 1.54) is 18.1 Å². The molecule has 0 atom stereocenters. The van der Waals surface area contributed by atoms with E-state index < -0.39 is 5.97 Å². The van der Waals surface area contributed by atoms with Gasteiger partial charge in [-0.2, -0.15) is 15.3 Å². The van der Waals surface area contributed by atoms with Crippen LogP contribution in [0.4, 0.5) is 0 Å². The van der Waals surface area contributed by atoms with E-state index in [0.717, 1.165) is 18.7 Å². The lowest BCUT2D eigenvalue weighted by Crippen LogP contribution is -2.01. The maximum absolute atomic E-state index is 10.7. The number of aryl methyl sites for hydroxylation is 6. The molecular weight excluding hydrogens is 540 g/mol. The molecule has 4 heterocycles. The van der Waals surface area contributed by atoms with Gasteiger partial charge < -0.3 is 14.9 Å². The van der Waals surface area contributed by atoms with Crippen molar-refractivity contribution in [1.29, 1.82) is 0 Å². The maximum Gasteiger partial charge on any atom is 0.305 e. The van der Waals surface area contributed by atoms with E-state index in [2.05, 4.69) is 45.1 Å². The van der Waals surface area contributed by atoms with Gasteiger partial charge in [0.2, 0.25) is 5.82 Å². The lowest BCUT2D eigenvalue weighted by atomic mass is 10.2. The van der Waals surface area contributed by atoms with Gasteiger partial charge in [-0.3, -0.25) is 33.1 Å². The molecule has 2 N–H and O–H groups in total. The lowest BCUT2D eigenvalue weighted by molar-refractivity contribution is -0.140. The Morgan fingerprint density at radius 2 is 1.20 bits per heavy atom. The lowest BCUT2D eigenvalue weighted by Gasteiger charge is -1.96. The second-order valence-electron chi connectivity index (χ2n) is 8.23. The third-order valence-corrected chi connectivity index (χ3v) is 4.61. The Balaban J connectivity index is 0.000000279. The highest BCUT2D eigenvalue weighted by atomic mass is 16.5. The number of methoxy groups -OCH3 is 1. The summed E-state index contributed by atoms with van der Waals surface area (Å²) in [6.45, 7) is -0.0825. The summed E-state index contributed by atoms with van der Waals surface area (Å²) < 4.78 is 10.8. The molecule has 0 radical (unpaired) electrons. The zero-order valence-electron chi connectivity index (χ0n) is 23.7. The number of aliphatic carboxylic acids is 1. The standard InChI is InChI=1S/C8H13N3O2.C7H11N3O2.C4H7N3O.C4H5N3O/c1-11-6-9-7(10-11)4-3-5-8(12)13-2;1-10-5-8-6(9-10)3-2-4-7(11)12;2*1-7-3-5-4(2-8)6-7/h6H,3-5H2,1-2H3;5H,2-4H2,1H3,(H,11,12);3,8H,2H2,1H3;2-3H,1H3. The van der Waals surface area contributed by atoms with Gasteiger partial charge in [0.25, 0.3) is 0 Å². The van der Waals surface area contributed by atoms with Gasteiger partial charge in [0.1, 0.15) is 31.9 Å². The van der Waals surface area contributed by atoms with E-state index in [1.54, 1.807) is 54.2 Å². The number of aliphatic hydroxyl groups is 1. The summed E-state index contributed by atoms with van der Waals surface area (Å²) in [5, 5.41) is 32.3. The number of carbonyl (C=O) groups excluding carboxylic acids is 2. The van der Waals surface area contributed by atoms with Crippen molar-refractivity contribution in [3.05, 3.63) is 48.6 Å². The molecule has 0 aromatic carbocycles. The van der Waals surface area contributed by atoms with E-state index in [9.17, 15) is 14.4 Å². The van der Waals surface area contributed by atoms with Gasteiger partial charge in [-0.15, -0.1) is 5.10 Å². The van der Waals surface area contributed by atoms with E-state index in [0.29, 0.717) is 37.2 Å². The molecule has 41 heavy (non-hydrogen) atoms. The van der Waals surface area contributed by atoms with Crippen molar-refractivity contribution in [3.8, 4) is 0 Å². The molecule has 0 aliphatic carbocycles. The van der Waals surface area contributed by atoms with Crippen LogP contribution in [0.15, 0.2) is 25.3 Å². The van der Waals surface area contributed by atoms with Crippen LogP contribution in [-0.4, -0.2) is 94.6 Å². The van der Waals surface area contributed by atoms with Crippen molar-refractivity contribution < 1.29 is 29.3 Å². The summed E-state index contributed by atoms with van der Waals surface area (Å²) in [4.78, 5) is 46.1. The summed E-state index contributed by atoms with van der Waals surface area (Å²) in [5.74, 6) is 1.21. The fraction of sp³-hybridized carbons (Fsp3) is 0.522. The van der Waals surface area contributed by atoms with Crippen LogP contribution in [0, 0.1) is 0 Å². The van der Waals surface area contributed by atoms with Gasteiger partial charge in [-0.05, 0) is 12.8 Å². The Bertz CT molecular complexity index is 1310. The number of hydrogen-bond acceptors (Lipinski definition) is 13. The predicted molar refractivity (Wildman–Crippen MR) is 141 cm³/mol. The number of aromatic nitrogens is 12. The summed E-state index contributed by atoms with van der Waals surface area (Å²) >= 11 is 0. The van der Waals surface area contributed by atoms with Gasteiger partial charge in [-0.25, -0.2) is 19.9 Å². The van der Waals surface area contributed by atoms with Gasteiger partial charge in [-0.1, -0.05) is 0 Å². The minimum atomic E-state index is -0.772. The molecule has 4 rings (SSSR count). The van der Waals surface area contributed by atoms with Crippen LogP contribution in [0.3, 0.4) is 0 Å². The number of carboxylic acid groups (broad SMARTS) is 1. The average Bonchev–Trinajstić information content (AvgIpc) is 3.75. The van der Waals surface area contributed by atoms with Gasteiger partial charge in [0.05, 0.1) is 7.11 Å². The Labute approximate surface area is 236 Å². The van der Waals surface area contributed by atoms with E-state index in [1.807, 2.05) is 7.05 Å². The monoisotopic (exact) mass is 576 g/mol. The Kier molecular flexibility index (Phi) is 16.0. The molecule has 18 heteroatoms. The average molecular weight is 577 g/mol. The molecule has 0 aliphatic rings. The highest BCUT2D eigenvalue weighted by molar-refractivity contribution is 5.69. The smallest absolute Gasteiger partial charge is 0.305 e. The molecule has 0 spiro atoms. The second kappa shape index (κ2) is 19.2. The van der Waals surface area contributed by atoms with Gasteiger partial charge in [0, 0.05) is 53.9 Å². The molecule has 0 bridgehead atoms. The van der Waals surface area contributed by atoms with Crippen molar-refractivity contribution in [2.75, 3.05) is 7.11 Å². The number of aldehydes is 1. The van der Waals surface area contributed by atoms with Crippen LogP contribution in [0.2, 0.25) is 0 Å². The SMILES string of the molecule is COC(=O)CCCc1ncn(C)n1.Cn1cnc(C=O)n1.Cn1cnc(CCCC(=O)O)n1.Cn1cnc(CO)n1. The minimum Gasteiger partial charge on any atom is -0.481 e. The molecule has 0 saturated carbocycles. The number of carboxylic acids is 1. The molecule has 4 aromatic rings. The zero-order chi connectivity index (χ0) is 30.6. The Morgan fingerprint density at radius 1 is 0.756 bits per heavy atom. The summed E-state index contributed by atoms with van der Waals surface area (Å²) in [5.41, 5.74) is 0. The number of carbonyl (C=O) groups is 3. The number of nitrogens with zero attached hydrogens (tertiary/aromatic N) is 12. The highest BCUT2D eigenvalue weighted by Gasteiger charge is 2.03. The van der Waals surface area contributed by atoms with Crippen LogP contribution in [0.1, 0.15) is 53.8 Å². The van der Waals surface area contributed by atoms with Crippen LogP contribution < -0.4 is 0 Å². The summed E-state index contributed by atoms with van der Waals surface area (Å²) in [7, 11) is 8.46. The topological polar surface area (TPSA) is 224 Å². The van der Waals surface area contributed by atoms with Crippen LogP contribution in [0.5, 0.6) is 0 Å². The molecule has 0 unspecified atom stereocenters. The molecule has 18 nitrogen and oxygen atoms in total. The fourth-order valence-corrected chi connectivity index (χ4v) is 2.75. The highest BCUT2D eigenvalue weighted by Crippen LogP contribution is 1.99. The van der Waals surface area contributed by atoms with Crippen LogP contribution in [-0.2, 0) is 62.0 Å². The van der Waals surface area contributed by atoms with Crippen molar-refractivity contribution in [3.63, 3.8) is 0 Å². The number of rotatable bonds is 10. The van der Waals surface area contributed by atoms with Gasteiger partial charge >= 0.3 is 11.9 Å². The predicted octanol–water partition coefficient (Wildman–Crippen LogP) is -0.532. The van der Waals surface area contributed by atoms with E-state index in [-0.39, 0.29) is 24.8 Å². The van der Waals surface area contributed by atoms with E-state index >= 15 is 0 Å². The molecular formula is C23H36N12O6. The third kappa shape index (κ3) is 16.0. The first kappa shape index (κ1) is 34.2. The molecule has 224 valence electrons. The number of hydrogen-bond donors (Lipinski definition) is 2. The molecule has 0 fully saturated rings.